The first-order valence-electron chi connectivity index (χ1n) is 12.0. The Bertz CT molecular complexity index is 1260. The molecule has 0 saturated carbocycles. The Morgan fingerprint density at radius 1 is 1.26 bits per heavy atom. The third-order valence-electron chi connectivity index (χ3n) is 6.68. The summed E-state index contributed by atoms with van der Waals surface area (Å²) in [6, 6.07) is 10.4. The number of aromatic nitrogens is 3. The lowest BCUT2D eigenvalue weighted by Gasteiger charge is -2.36. The fourth-order valence-corrected chi connectivity index (χ4v) is 4.49. The second-order valence-corrected chi connectivity index (χ2v) is 9.01. The number of methoxy groups -OCH3 is 1. The molecule has 1 aromatic carbocycles. The van der Waals surface area contributed by atoms with Gasteiger partial charge in [-0.15, -0.1) is 0 Å². The molecule has 0 spiro atoms. The first-order chi connectivity index (χ1) is 17.0. The molecular weight excluding hydrogens is 438 g/mol. The SMILES string of the molecule is C/C=C(\C=N/C(C)OC)c1c(-c2ccc(C#N)cc2)nc(N2CCC(N(C)C)CC2)c2cncn12. The lowest BCUT2D eigenvalue weighted by atomic mass is 10.0. The van der Waals surface area contributed by atoms with Crippen LogP contribution in [0.3, 0.4) is 0 Å². The van der Waals surface area contributed by atoms with Gasteiger partial charge in [0.1, 0.15) is 11.7 Å². The fraction of sp³-hybridized carbons (Fsp3) is 0.407. The number of allylic oxidation sites excluding steroid dienone is 2. The summed E-state index contributed by atoms with van der Waals surface area (Å²) in [4.78, 5) is 19.0. The number of imidazole rings is 1. The number of piperidine rings is 1. The predicted molar refractivity (Wildman–Crippen MR) is 141 cm³/mol. The van der Waals surface area contributed by atoms with Crippen molar-refractivity contribution in [2.24, 2.45) is 4.99 Å². The minimum Gasteiger partial charge on any atom is -0.360 e. The third-order valence-corrected chi connectivity index (χ3v) is 6.68. The van der Waals surface area contributed by atoms with E-state index in [4.69, 9.17) is 9.72 Å². The molecule has 0 amide bonds. The van der Waals surface area contributed by atoms with E-state index in [0.717, 1.165) is 59.8 Å². The maximum Gasteiger partial charge on any atom is 0.155 e. The molecule has 1 atom stereocenters. The predicted octanol–water partition coefficient (Wildman–Crippen LogP) is 4.26. The number of anilines is 1. The Labute approximate surface area is 207 Å². The number of nitrogens with zero attached hydrogens (tertiary/aromatic N) is 7. The van der Waals surface area contributed by atoms with Gasteiger partial charge in [-0.05, 0) is 52.9 Å². The van der Waals surface area contributed by atoms with Gasteiger partial charge in [-0.25, -0.2) is 9.97 Å². The highest BCUT2D eigenvalue weighted by molar-refractivity contribution is 6.11. The van der Waals surface area contributed by atoms with Gasteiger partial charge in [0.15, 0.2) is 5.82 Å². The average molecular weight is 472 g/mol. The summed E-state index contributed by atoms with van der Waals surface area (Å²) in [5.41, 5.74) is 5.17. The second-order valence-electron chi connectivity index (χ2n) is 9.01. The van der Waals surface area contributed by atoms with Gasteiger partial charge >= 0.3 is 0 Å². The van der Waals surface area contributed by atoms with Crippen molar-refractivity contribution >= 4 is 23.1 Å². The van der Waals surface area contributed by atoms with Crippen LogP contribution in [0.5, 0.6) is 0 Å². The van der Waals surface area contributed by atoms with Gasteiger partial charge in [0.05, 0.1) is 35.5 Å². The van der Waals surface area contributed by atoms with Crippen LogP contribution in [-0.2, 0) is 4.74 Å². The van der Waals surface area contributed by atoms with Crippen LogP contribution in [0.1, 0.15) is 37.9 Å². The minimum absolute atomic E-state index is 0.258. The van der Waals surface area contributed by atoms with Gasteiger partial charge < -0.3 is 14.5 Å². The van der Waals surface area contributed by atoms with Crippen LogP contribution in [0.2, 0.25) is 0 Å². The van der Waals surface area contributed by atoms with Crippen molar-refractivity contribution < 1.29 is 4.74 Å². The summed E-state index contributed by atoms with van der Waals surface area (Å²) in [6.45, 7) is 5.76. The van der Waals surface area contributed by atoms with Gasteiger partial charge in [-0.1, -0.05) is 18.2 Å². The van der Waals surface area contributed by atoms with E-state index in [2.05, 4.69) is 44.3 Å². The highest BCUT2D eigenvalue weighted by Gasteiger charge is 2.26. The first-order valence-corrected chi connectivity index (χ1v) is 12.0. The topological polar surface area (TPSA) is 82.0 Å². The van der Waals surface area contributed by atoms with Crippen molar-refractivity contribution in [3.8, 4) is 17.3 Å². The number of fused-ring (bicyclic) bond motifs is 1. The number of hydrogen-bond acceptors (Lipinski definition) is 7. The molecular formula is C27H33N7O. The van der Waals surface area contributed by atoms with E-state index < -0.39 is 0 Å². The van der Waals surface area contributed by atoms with E-state index in [1.807, 2.05) is 62.9 Å². The van der Waals surface area contributed by atoms with Crippen LogP contribution in [0.25, 0.3) is 22.3 Å². The van der Waals surface area contributed by atoms with E-state index >= 15 is 0 Å². The number of ether oxygens (including phenoxy) is 1. The summed E-state index contributed by atoms with van der Waals surface area (Å²) < 4.78 is 7.42. The molecule has 35 heavy (non-hydrogen) atoms. The standard InChI is InChI=1S/C27H33N7O/c1-6-21(16-30-19(2)35-5)26-25(22-9-7-20(15-28)8-10-22)31-27(24-17-29-18-34(24)26)33-13-11-23(12-14-33)32(3)4/h6-10,16-19,23H,11-14H2,1-5H3/b21-6+,30-16-. The minimum atomic E-state index is -0.258. The summed E-state index contributed by atoms with van der Waals surface area (Å²) in [5.74, 6) is 0.931. The normalized spacial score (nSPS) is 16.4. The molecule has 1 aliphatic heterocycles. The number of aliphatic imine (C=N–C) groups is 1. The van der Waals surface area contributed by atoms with E-state index in [9.17, 15) is 5.26 Å². The Morgan fingerprint density at radius 2 is 1.97 bits per heavy atom. The Kier molecular flexibility index (Phi) is 7.59. The van der Waals surface area contributed by atoms with Gasteiger partial charge in [-0.2, -0.15) is 5.26 Å². The van der Waals surface area contributed by atoms with Gasteiger partial charge in [-0.3, -0.25) is 9.39 Å². The number of hydrogen-bond donors (Lipinski definition) is 0. The largest absolute Gasteiger partial charge is 0.360 e. The van der Waals surface area contributed by atoms with Crippen LogP contribution < -0.4 is 4.90 Å². The van der Waals surface area contributed by atoms with Gasteiger partial charge in [0, 0.05) is 43.6 Å². The smallest absolute Gasteiger partial charge is 0.155 e. The van der Waals surface area contributed by atoms with Crippen molar-refractivity contribution in [3.63, 3.8) is 0 Å². The fourth-order valence-electron chi connectivity index (χ4n) is 4.49. The van der Waals surface area contributed by atoms with Crippen molar-refractivity contribution in [2.45, 2.75) is 39.0 Å². The molecule has 0 aliphatic carbocycles. The van der Waals surface area contributed by atoms with Gasteiger partial charge in [0.25, 0.3) is 0 Å². The molecule has 0 radical (unpaired) electrons. The quantitative estimate of drug-likeness (QED) is 0.479. The maximum atomic E-state index is 9.29. The lowest BCUT2D eigenvalue weighted by molar-refractivity contribution is 0.127. The first kappa shape index (κ1) is 24.6. The average Bonchev–Trinajstić information content (AvgIpc) is 3.38. The Hall–Kier alpha value is -3.54. The summed E-state index contributed by atoms with van der Waals surface area (Å²) in [5, 5.41) is 9.29. The molecule has 4 rings (SSSR count). The van der Waals surface area contributed by atoms with E-state index in [1.165, 1.54) is 0 Å². The molecule has 0 bridgehead atoms. The summed E-state index contributed by atoms with van der Waals surface area (Å²) in [6.07, 6.45) is 9.50. The highest BCUT2D eigenvalue weighted by atomic mass is 16.5. The van der Waals surface area contributed by atoms with E-state index in [-0.39, 0.29) is 6.23 Å². The van der Waals surface area contributed by atoms with Crippen LogP contribution in [0, 0.1) is 11.3 Å². The number of rotatable bonds is 7. The molecule has 8 nitrogen and oxygen atoms in total. The van der Waals surface area contributed by atoms with E-state index in [1.54, 1.807) is 7.11 Å². The van der Waals surface area contributed by atoms with Crippen molar-refractivity contribution in [1.82, 2.24) is 19.3 Å². The zero-order valence-electron chi connectivity index (χ0n) is 21.1. The van der Waals surface area contributed by atoms with Crippen molar-refractivity contribution in [3.05, 3.63) is 54.1 Å². The zero-order valence-corrected chi connectivity index (χ0v) is 21.1. The molecule has 1 unspecified atom stereocenters. The second kappa shape index (κ2) is 10.8. The zero-order chi connectivity index (χ0) is 24.9. The van der Waals surface area contributed by atoms with Crippen molar-refractivity contribution in [1.29, 1.82) is 5.26 Å². The molecule has 3 heterocycles. The van der Waals surface area contributed by atoms with Crippen LogP contribution in [0.4, 0.5) is 5.82 Å². The summed E-state index contributed by atoms with van der Waals surface area (Å²) >= 11 is 0. The Morgan fingerprint density at radius 3 is 2.57 bits per heavy atom. The molecule has 0 N–H and O–H groups in total. The maximum absolute atomic E-state index is 9.29. The molecule has 8 heteroatoms. The molecule has 1 fully saturated rings. The highest BCUT2D eigenvalue weighted by Crippen LogP contribution is 2.34. The Balaban J connectivity index is 1.88. The number of nitriles is 1. The molecule has 1 saturated heterocycles. The van der Waals surface area contributed by atoms with Crippen LogP contribution in [0.15, 0.2) is 47.9 Å². The number of benzene rings is 1. The molecule has 182 valence electrons. The molecule has 2 aromatic heterocycles. The third kappa shape index (κ3) is 5.11. The van der Waals surface area contributed by atoms with Gasteiger partial charge in [0.2, 0.25) is 0 Å². The monoisotopic (exact) mass is 471 g/mol. The molecule has 3 aromatic rings. The molecule has 1 aliphatic rings. The lowest BCUT2D eigenvalue weighted by Crippen LogP contribution is -2.42. The van der Waals surface area contributed by atoms with Crippen LogP contribution >= 0.6 is 0 Å². The van der Waals surface area contributed by atoms with E-state index in [0.29, 0.717) is 11.6 Å². The van der Waals surface area contributed by atoms with Crippen LogP contribution in [-0.4, -0.2) is 72.0 Å². The summed E-state index contributed by atoms with van der Waals surface area (Å²) in [7, 11) is 5.94. The van der Waals surface area contributed by atoms with Crippen molar-refractivity contribution in [2.75, 3.05) is 39.2 Å².